The first kappa shape index (κ1) is 17.8. The summed E-state index contributed by atoms with van der Waals surface area (Å²) >= 11 is 1.59. The third-order valence-electron chi connectivity index (χ3n) is 4.96. The van der Waals surface area contributed by atoms with Crippen LogP contribution < -0.4 is 19.7 Å². The molecule has 0 aliphatic carbocycles. The summed E-state index contributed by atoms with van der Waals surface area (Å²) in [6, 6.07) is 13.9. The van der Waals surface area contributed by atoms with Gasteiger partial charge in [0.05, 0.1) is 19.1 Å². The van der Waals surface area contributed by atoms with E-state index in [9.17, 15) is 4.79 Å². The Balaban J connectivity index is 1.54. The van der Waals surface area contributed by atoms with Gasteiger partial charge in [0.25, 0.3) is 5.91 Å². The minimum absolute atomic E-state index is 0.0515. The van der Waals surface area contributed by atoms with Crippen LogP contribution in [0.4, 0.5) is 5.69 Å². The predicted octanol–water partition coefficient (Wildman–Crippen LogP) is 4.00. The molecule has 0 spiro atoms. The second-order valence-electron chi connectivity index (χ2n) is 6.58. The molecule has 27 heavy (non-hydrogen) atoms. The third-order valence-corrected chi connectivity index (χ3v) is 6.24. The Morgan fingerprint density at radius 3 is 2.59 bits per heavy atom. The average Bonchev–Trinajstić information content (AvgIpc) is 3.14. The van der Waals surface area contributed by atoms with Crippen molar-refractivity contribution in [2.24, 2.45) is 0 Å². The molecule has 1 N–H and O–H groups in total. The summed E-state index contributed by atoms with van der Waals surface area (Å²) in [6.45, 7) is 2.66. The second-order valence-corrected chi connectivity index (χ2v) is 7.70. The van der Waals surface area contributed by atoms with Crippen LogP contribution in [0.2, 0.25) is 0 Å². The maximum absolute atomic E-state index is 13.1. The highest BCUT2D eigenvalue weighted by Crippen LogP contribution is 2.45. The normalized spacial score (nSPS) is 19.0. The number of hydrogen-bond acceptors (Lipinski definition) is 5. The van der Waals surface area contributed by atoms with Gasteiger partial charge in [-0.2, -0.15) is 0 Å². The number of methoxy groups -OCH3 is 2. The van der Waals surface area contributed by atoms with Gasteiger partial charge in [-0.3, -0.25) is 4.79 Å². The zero-order chi connectivity index (χ0) is 19.0. The molecule has 1 amide bonds. The number of benzene rings is 2. The Bertz CT molecular complexity index is 908. The molecule has 0 bridgehead atoms. The fourth-order valence-electron chi connectivity index (χ4n) is 3.41. The average molecular weight is 382 g/mol. The summed E-state index contributed by atoms with van der Waals surface area (Å²) in [7, 11) is 3.31. The number of nitrogens with one attached hydrogen (secondary N) is 1. The Morgan fingerprint density at radius 1 is 1.11 bits per heavy atom. The fourth-order valence-corrected chi connectivity index (χ4v) is 4.65. The van der Waals surface area contributed by atoms with Crippen molar-refractivity contribution in [2.45, 2.75) is 18.7 Å². The maximum Gasteiger partial charge on any atom is 0.266 e. The number of thioether (sulfide) groups is 1. The van der Waals surface area contributed by atoms with Gasteiger partial charge in [0.2, 0.25) is 0 Å². The molecule has 140 valence electrons. The molecule has 2 aromatic rings. The van der Waals surface area contributed by atoms with E-state index in [2.05, 4.69) is 5.32 Å². The van der Waals surface area contributed by atoms with Crippen LogP contribution in [-0.4, -0.2) is 26.7 Å². The first-order chi connectivity index (χ1) is 13.1. The lowest BCUT2D eigenvalue weighted by molar-refractivity contribution is -0.114. The van der Waals surface area contributed by atoms with Crippen LogP contribution in [0.1, 0.15) is 22.9 Å². The van der Waals surface area contributed by atoms with Gasteiger partial charge < -0.3 is 19.7 Å². The van der Waals surface area contributed by atoms with Crippen LogP contribution in [0.25, 0.3) is 0 Å². The summed E-state index contributed by atoms with van der Waals surface area (Å²) in [4.78, 5) is 15.8. The number of carbonyl (C=O) groups is 1. The van der Waals surface area contributed by atoms with Crippen LogP contribution in [0, 0.1) is 6.92 Å². The van der Waals surface area contributed by atoms with E-state index < -0.39 is 0 Å². The number of ether oxygens (including phenoxy) is 2. The van der Waals surface area contributed by atoms with E-state index in [0.717, 1.165) is 45.3 Å². The van der Waals surface area contributed by atoms with E-state index in [-0.39, 0.29) is 11.3 Å². The standard InChI is InChI=1S/C21H22N2O3S/c1-13-4-7-15(12-18(13)26-3)23-11-10-17-19(21(23)24)27-20(22-17)14-5-8-16(25-2)9-6-14/h4-9,12,20,22H,10-11H2,1-3H3. The van der Waals surface area contributed by atoms with Gasteiger partial charge >= 0.3 is 0 Å². The zero-order valence-corrected chi connectivity index (χ0v) is 16.4. The van der Waals surface area contributed by atoms with E-state index >= 15 is 0 Å². The number of hydrogen-bond donors (Lipinski definition) is 1. The van der Waals surface area contributed by atoms with Crippen molar-refractivity contribution >= 4 is 23.4 Å². The largest absolute Gasteiger partial charge is 0.497 e. The Hall–Kier alpha value is -2.60. The monoisotopic (exact) mass is 382 g/mol. The first-order valence-electron chi connectivity index (χ1n) is 8.87. The van der Waals surface area contributed by atoms with E-state index in [1.807, 2.05) is 54.3 Å². The number of carbonyl (C=O) groups excluding carboxylic acids is 1. The molecule has 0 radical (unpaired) electrons. The van der Waals surface area contributed by atoms with Crippen molar-refractivity contribution in [3.63, 3.8) is 0 Å². The molecule has 0 aromatic heterocycles. The highest BCUT2D eigenvalue weighted by atomic mass is 32.2. The smallest absolute Gasteiger partial charge is 0.266 e. The molecule has 1 atom stereocenters. The maximum atomic E-state index is 13.1. The number of rotatable bonds is 4. The molecular weight excluding hydrogens is 360 g/mol. The molecule has 4 rings (SSSR count). The van der Waals surface area contributed by atoms with Gasteiger partial charge in [0.1, 0.15) is 16.9 Å². The highest BCUT2D eigenvalue weighted by Gasteiger charge is 2.36. The first-order valence-corrected chi connectivity index (χ1v) is 9.75. The predicted molar refractivity (Wildman–Crippen MR) is 108 cm³/mol. The molecule has 0 fully saturated rings. The summed E-state index contributed by atoms with van der Waals surface area (Å²) in [6.07, 6.45) is 0.816. The number of anilines is 1. The molecule has 6 heteroatoms. The van der Waals surface area contributed by atoms with Crippen LogP contribution >= 0.6 is 11.8 Å². The molecular formula is C21H22N2O3S. The SMILES string of the molecule is COc1ccc(C2NC3=C(S2)C(=O)N(c2ccc(C)c(OC)c2)CC3)cc1. The van der Waals surface area contributed by atoms with Crippen molar-refractivity contribution in [3.05, 3.63) is 64.2 Å². The summed E-state index contributed by atoms with van der Waals surface area (Å²) in [5.41, 5.74) is 4.11. The number of aryl methyl sites for hydroxylation is 1. The number of amides is 1. The lowest BCUT2D eigenvalue weighted by Crippen LogP contribution is -2.37. The quantitative estimate of drug-likeness (QED) is 0.866. The van der Waals surface area contributed by atoms with E-state index in [1.165, 1.54) is 0 Å². The lowest BCUT2D eigenvalue weighted by Gasteiger charge is -2.27. The zero-order valence-electron chi connectivity index (χ0n) is 15.6. The summed E-state index contributed by atoms with van der Waals surface area (Å²) < 4.78 is 10.6. The van der Waals surface area contributed by atoms with Crippen LogP contribution in [0.15, 0.2) is 53.1 Å². The molecule has 5 nitrogen and oxygen atoms in total. The van der Waals surface area contributed by atoms with Gasteiger partial charge in [-0.15, -0.1) is 0 Å². The molecule has 2 heterocycles. The summed E-state index contributed by atoms with van der Waals surface area (Å²) in [5.74, 6) is 1.68. The van der Waals surface area contributed by atoms with Crippen LogP contribution in [0.3, 0.4) is 0 Å². The van der Waals surface area contributed by atoms with Crippen LogP contribution in [-0.2, 0) is 4.79 Å². The van der Waals surface area contributed by atoms with Gasteiger partial charge in [0, 0.05) is 30.4 Å². The Kier molecular flexibility index (Phi) is 4.74. The van der Waals surface area contributed by atoms with Crippen molar-refractivity contribution < 1.29 is 14.3 Å². The molecule has 2 aromatic carbocycles. The fraction of sp³-hybridized carbons (Fsp3) is 0.286. The van der Waals surface area contributed by atoms with Gasteiger partial charge in [-0.25, -0.2) is 0 Å². The van der Waals surface area contributed by atoms with Crippen LogP contribution in [0.5, 0.6) is 11.5 Å². The van der Waals surface area contributed by atoms with Gasteiger partial charge in [-0.05, 0) is 36.2 Å². The summed E-state index contributed by atoms with van der Waals surface area (Å²) in [5, 5.41) is 3.56. The van der Waals surface area contributed by atoms with Crippen molar-refractivity contribution in [1.29, 1.82) is 0 Å². The van der Waals surface area contributed by atoms with E-state index in [0.29, 0.717) is 6.54 Å². The van der Waals surface area contributed by atoms with Gasteiger partial charge in [0.15, 0.2) is 0 Å². The van der Waals surface area contributed by atoms with E-state index in [1.54, 1.807) is 26.0 Å². The molecule has 0 saturated carbocycles. The minimum atomic E-state index is 0.0515. The van der Waals surface area contributed by atoms with E-state index in [4.69, 9.17) is 9.47 Å². The number of nitrogens with zero attached hydrogens (tertiary/aromatic N) is 1. The molecule has 2 aliphatic heterocycles. The Labute approximate surface area is 163 Å². The molecule has 2 aliphatic rings. The van der Waals surface area contributed by atoms with Crippen molar-refractivity contribution in [2.75, 3.05) is 25.7 Å². The minimum Gasteiger partial charge on any atom is -0.497 e. The van der Waals surface area contributed by atoms with Gasteiger partial charge in [-0.1, -0.05) is 30.0 Å². The lowest BCUT2D eigenvalue weighted by atomic mass is 10.1. The topological polar surface area (TPSA) is 50.8 Å². The third kappa shape index (κ3) is 3.25. The Morgan fingerprint density at radius 2 is 1.89 bits per heavy atom. The van der Waals surface area contributed by atoms with Crippen molar-refractivity contribution in [3.8, 4) is 11.5 Å². The molecule has 1 unspecified atom stereocenters. The highest BCUT2D eigenvalue weighted by molar-refractivity contribution is 8.04. The molecule has 0 saturated heterocycles. The van der Waals surface area contributed by atoms with Crippen molar-refractivity contribution in [1.82, 2.24) is 5.32 Å². The second kappa shape index (κ2) is 7.19.